The second kappa shape index (κ2) is 6.91. The van der Waals surface area contributed by atoms with Crippen LogP contribution >= 0.6 is 0 Å². The molecule has 1 saturated carbocycles. The van der Waals surface area contributed by atoms with Crippen LogP contribution in [0.2, 0.25) is 0 Å². The van der Waals surface area contributed by atoms with E-state index in [1.165, 1.54) is 30.5 Å². The highest BCUT2D eigenvalue weighted by molar-refractivity contribution is 5.75. The van der Waals surface area contributed by atoms with Crippen LogP contribution in [0.4, 0.5) is 16.3 Å². The van der Waals surface area contributed by atoms with E-state index in [9.17, 15) is 4.39 Å². The number of hydrogen-bond donors (Lipinski definition) is 3. The summed E-state index contributed by atoms with van der Waals surface area (Å²) in [5, 5.41) is 11.3. The SMILES string of the molecule is Fc1ccc2[nH]c(CNc3nc(N4CCNCC4)nc4c(C5CC5)cnn34)nc2c1. The minimum atomic E-state index is -0.296. The molecule has 0 unspecified atom stereocenters. The van der Waals surface area contributed by atoms with Crippen molar-refractivity contribution in [2.75, 3.05) is 36.4 Å². The zero-order valence-corrected chi connectivity index (χ0v) is 16.4. The van der Waals surface area contributed by atoms with Crippen molar-refractivity contribution in [3.05, 3.63) is 41.6 Å². The number of hydrogen-bond acceptors (Lipinski definition) is 7. The number of anilines is 2. The van der Waals surface area contributed by atoms with Gasteiger partial charge in [-0.3, -0.25) is 0 Å². The molecule has 3 N–H and O–H groups in total. The van der Waals surface area contributed by atoms with Gasteiger partial charge in [0.25, 0.3) is 0 Å². The number of nitrogens with one attached hydrogen (secondary N) is 3. The number of imidazole rings is 1. The third kappa shape index (κ3) is 3.13. The van der Waals surface area contributed by atoms with E-state index in [-0.39, 0.29) is 5.82 Å². The molecule has 2 aliphatic rings. The number of nitrogens with zero attached hydrogens (tertiary/aromatic N) is 6. The summed E-state index contributed by atoms with van der Waals surface area (Å²) in [5.41, 5.74) is 3.47. The number of benzene rings is 1. The summed E-state index contributed by atoms with van der Waals surface area (Å²) in [7, 11) is 0. The first-order valence-electron chi connectivity index (χ1n) is 10.3. The molecule has 0 radical (unpaired) electrons. The van der Waals surface area contributed by atoms with E-state index in [1.807, 2.05) is 6.20 Å². The van der Waals surface area contributed by atoms with Crippen LogP contribution in [0.1, 0.15) is 30.1 Å². The van der Waals surface area contributed by atoms with E-state index in [1.54, 1.807) is 10.6 Å². The minimum Gasteiger partial charge on any atom is -0.347 e. The molecule has 4 heterocycles. The fourth-order valence-corrected chi connectivity index (χ4v) is 3.96. The molecule has 6 rings (SSSR count). The number of aromatic amines is 1. The molecule has 1 aliphatic carbocycles. The summed E-state index contributed by atoms with van der Waals surface area (Å²) in [6, 6.07) is 4.55. The first kappa shape index (κ1) is 17.6. The minimum absolute atomic E-state index is 0.296. The molecule has 2 fully saturated rings. The lowest BCUT2D eigenvalue weighted by molar-refractivity contribution is 0.579. The van der Waals surface area contributed by atoms with Gasteiger partial charge in [-0.2, -0.15) is 19.6 Å². The molecule has 3 aromatic heterocycles. The Bertz CT molecular complexity index is 1220. The van der Waals surface area contributed by atoms with Crippen LogP contribution < -0.4 is 15.5 Å². The van der Waals surface area contributed by atoms with Gasteiger partial charge < -0.3 is 20.5 Å². The van der Waals surface area contributed by atoms with Gasteiger partial charge in [0.1, 0.15) is 11.6 Å². The predicted octanol–water partition coefficient (Wildman–Crippen LogP) is 2.04. The Morgan fingerprint density at radius 3 is 2.83 bits per heavy atom. The zero-order valence-electron chi connectivity index (χ0n) is 16.4. The zero-order chi connectivity index (χ0) is 20.1. The standard InChI is InChI=1S/C20H22FN9/c21-13-3-4-15-16(9-13)26-17(25-15)11-23-19-28-20(29-7-5-22-6-8-29)27-18-14(12-1-2-12)10-24-30(18)19/h3-4,9-10,12,22H,1-2,5-8,11H2,(H,25,26)(H,23,27,28). The van der Waals surface area contributed by atoms with Crippen LogP contribution in [0.3, 0.4) is 0 Å². The van der Waals surface area contributed by atoms with Crippen LogP contribution in [0, 0.1) is 5.82 Å². The van der Waals surface area contributed by atoms with E-state index in [2.05, 4.69) is 30.6 Å². The molecule has 1 saturated heterocycles. The summed E-state index contributed by atoms with van der Waals surface area (Å²) in [6.07, 6.45) is 4.29. The number of fused-ring (bicyclic) bond motifs is 2. The van der Waals surface area contributed by atoms with Crippen molar-refractivity contribution >= 4 is 28.6 Å². The Hall–Kier alpha value is -3.27. The van der Waals surface area contributed by atoms with E-state index < -0.39 is 0 Å². The Labute approximate surface area is 171 Å². The normalized spacial score (nSPS) is 17.2. The average Bonchev–Trinajstić information content (AvgIpc) is 3.39. The van der Waals surface area contributed by atoms with Crippen LogP contribution in [-0.2, 0) is 6.54 Å². The molecule has 1 aromatic carbocycles. The van der Waals surface area contributed by atoms with Gasteiger partial charge in [0.15, 0.2) is 5.65 Å². The Balaban J connectivity index is 1.35. The third-order valence-corrected chi connectivity index (χ3v) is 5.71. The van der Waals surface area contributed by atoms with Crippen molar-refractivity contribution in [2.45, 2.75) is 25.3 Å². The highest BCUT2D eigenvalue weighted by Gasteiger charge is 2.29. The molecular formula is C20H22FN9. The van der Waals surface area contributed by atoms with E-state index in [4.69, 9.17) is 9.97 Å². The second-order valence-electron chi connectivity index (χ2n) is 7.89. The second-order valence-corrected chi connectivity index (χ2v) is 7.89. The number of halogens is 1. The molecule has 30 heavy (non-hydrogen) atoms. The molecule has 4 aromatic rings. The summed E-state index contributed by atoms with van der Waals surface area (Å²) in [6.45, 7) is 4.00. The monoisotopic (exact) mass is 407 g/mol. The van der Waals surface area contributed by atoms with Gasteiger partial charge in [-0.15, -0.1) is 0 Å². The molecule has 0 spiro atoms. The first-order valence-corrected chi connectivity index (χ1v) is 10.3. The average molecular weight is 407 g/mol. The van der Waals surface area contributed by atoms with Crippen molar-refractivity contribution in [2.24, 2.45) is 0 Å². The molecule has 0 amide bonds. The molecular weight excluding hydrogens is 385 g/mol. The summed E-state index contributed by atoms with van der Waals surface area (Å²) >= 11 is 0. The highest BCUT2D eigenvalue weighted by atomic mass is 19.1. The fraction of sp³-hybridized carbons (Fsp3) is 0.400. The lowest BCUT2D eigenvalue weighted by atomic mass is 10.2. The van der Waals surface area contributed by atoms with Crippen molar-refractivity contribution in [1.82, 2.24) is 34.9 Å². The third-order valence-electron chi connectivity index (χ3n) is 5.71. The maximum absolute atomic E-state index is 13.5. The molecule has 1 aliphatic heterocycles. The summed E-state index contributed by atoms with van der Waals surface area (Å²) in [5.74, 6) is 2.32. The van der Waals surface area contributed by atoms with Crippen LogP contribution in [-0.4, -0.2) is 55.7 Å². The fourth-order valence-electron chi connectivity index (χ4n) is 3.96. The van der Waals surface area contributed by atoms with Gasteiger partial charge in [-0.05, 0) is 30.9 Å². The van der Waals surface area contributed by atoms with Gasteiger partial charge in [0.2, 0.25) is 11.9 Å². The smallest absolute Gasteiger partial charge is 0.230 e. The largest absolute Gasteiger partial charge is 0.347 e. The lowest BCUT2D eigenvalue weighted by Gasteiger charge is -2.27. The van der Waals surface area contributed by atoms with Crippen LogP contribution in [0.5, 0.6) is 0 Å². The van der Waals surface area contributed by atoms with Crippen LogP contribution in [0.15, 0.2) is 24.4 Å². The van der Waals surface area contributed by atoms with Gasteiger partial charge >= 0.3 is 0 Å². The maximum atomic E-state index is 13.5. The molecule has 9 nitrogen and oxygen atoms in total. The Morgan fingerprint density at radius 2 is 2.00 bits per heavy atom. The number of piperazine rings is 1. The lowest BCUT2D eigenvalue weighted by Crippen LogP contribution is -2.44. The molecule has 0 atom stereocenters. The molecule has 154 valence electrons. The highest BCUT2D eigenvalue weighted by Crippen LogP contribution is 2.42. The number of rotatable bonds is 5. The molecule has 10 heteroatoms. The quantitative estimate of drug-likeness (QED) is 0.466. The van der Waals surface area contributed by atoms with Crippen molar-refractivity contribution < 1.29 is 4.39 Å². The van der Waals surface area contributed by atoms with Gasteiger partial charge in [-0.1, -0.05) is 0 Å². The van der Waals surface area contributed by atoms with Gasteiger partial charge in [-0.25, -0.2) is 9.37 Å². The Morgan fingerprint density at radius 1 is 1.13 bits per heavy atom. The van der Waals surface area contributed by atoms with Crippen molar-refractivity contribution in [1.29, 1.82) is 0 Å². The topological polar surface area (TPSA) is 99.1 Å². The van der Waals surface area contributed by atoms with E-state index in [0.717, 1.165) is 43.3 Å². The van der Waals surface area contributed by atoms with E-state index in [0.29, 0.717) is 29.8 Å². The molecule has 0 bridgehead atoms. The number of aromatic nitrogens is 6. The maximum Gasteiger partial charge on any atom is 0.230 e. The van der Waals surface area contributed by atoms with Crippen LogP contribution in [0.25, 0.3) is 16.7 Å². The van der Waals surface area contributed by atoms with Crippen molar-refractivity contribution in [3.8, 4) is 0 Å². The van der Waals surface area contributed by atoms with Gasteiger partial charge in [0.05, 0.1) is 23.8 Å². The number of H-pyrrole nitrogens is 1. The van der Waals surface area contributed by atoms with E-state index >= 15 is 0 Å². The predicted molar refractivity (Wildman–Crippen MR) is 111 cm³/mol. The first-order chi connectivity index (χ1) is 14.7. The van der Waals surface area contributed by atoms with Crippen molar-refractivity contribution in [3.63, 3.8) is 0 Å². The Kier molecular flexibility index (Phi) is 4.05. The summed E-state index contributed by atoms with van der Waals surface area (Å²) < 4.78 is 15.2. The summed E-state index contributed by atoms with van der Waals surface area (Å²) in [4.78, 5) is 19.5. The van der Waals surface area contributed by atoms with Gasteiger partial charge in [0, 0.05) is 37.8 Å².